The molecule has 0 fully saturated rings. The van der Waals surface area contributed by atoms with Gasteiger partial charge in [0, 0.05) is 12.6 Å². The fourth-order valence-corrected chi connectivity index (χ4v) is 2.22. The van der Waals surface area contributed by atoms with Gasteiger partial charge in [0.05, 0.1) is 11.3 Å². The maximum absolute atomic E-state index is 12.2. The summed E-state index contributed by atoms with van der Waals surface area (Å²) in [5.74, 6) is -1.37. The Morgan fingerprint density at radius 3 is 2.32 bits per heavy atom. The quantitative estimate of drug-likeness (QED) is 0.139. The molecule has 9 nitrogen and oxygen atoms in total. The van der Waals surface area contributed by atoms with Crippen LogP contribution in [0.25, 0.3) is 6.08 Å². The molecule has 5 N–H and O–H groups in total. The van der Waals surface area contributed by atoms with Gasteiger partial charge in [0.25, 0.3) is 5.91 Å². The van der Waals surface area contributed by atoms with Gasteiger partial charge in [-0.2, -0.15) is 0 Å². The maximum atomic E-state index is 12.2. The summed E-state index contributed by atoms with van der Waals surface area (Å²) in [6, 6.07) is 12.8. The number of hydrogen-bond acceptors (Lipinski definition) is 6. The molecule has 0 unspecified atom stereocenters. The zero-order chi connectivity index (χ0) is 22.6. The normalized spacial score (nSPS) is 10.2. The lowest BCUT2D eigenvalue weighted by Gasteiger charge is -2.05. The summed E-state index contributed by atoms with van der Waals surface area (Å²) in [7, 11) is 0. The molecule has 0 aliphatic carbocycles. The highest BCUT2D eigenvalue weighted by Crippen LogP contribution is 2.17. The molecule has 0 saturated carbocycles. The molecule has 0 aromatic heterocycles. The molecular formula is C22H22N4O5. The summed E-state index contributed by atoms with van der Waals surface area (Å²) >= 11 is 0. The first kappa shape index (κ1) is 22.9. The highest BCUT2D eigenvalue weighted by atomic mass is 16.5. The second-order valence-corrected chi connectivity index (χ2v) is 6.08. The van der Waals surface area contributed by atoms with Crippen molar-refractivity contribution in [3.05, 3.63) is 78.4 Å². The van der Waals surface area contributed by atoms with Gasteiger partial charge < -0.3 is 26.3 Å². The van der Waals surface area contributed by atoms with Crippen molar-refractivity contribution in [2.45, 2.75) is 0 Å². The number of nitrogens with zero attached hydrogens (tertiary/aromatic N) is 1. The van der Waals surface area contributed by atoms with Gasteiger partial charge in [-0.25, -0.2) is 14.6 Å². The minimum atomic E-state index is -0.659. The van der Waals surface area contributed by atoms with Crippen molar-refractivity contribution in [2.24, 2.45) is 16.5 Å². The molecule has 9 heteroatoms. The second-order valence-electron chi connectivity index (χ2n) is 6.08. The average molecular weight is 422 g/mol. The number of nitrogens with one attached hydrogen (secondary N) is 1. The first-order chi connectivity index (χ1) is 14.9. The number of carbonyl (C=O) groups excluding carboxylic acids is 3. The van der Waals surface area contributed by atoms with Crippen molar-refractivity contribution in [1.29, 1.82) is 0 Å². The van der Waals surface area contributed by atoms with Crippen molar-refractivity contribution in [3.63, 3.8) is 0 Å². The summed E-state index contributed by atoms with van der Waals surface area (Å²) in [4.78, 5) is 39.1. The first-order valence-electron chi connectivity index (χ1n) is 9.12. The van der Waals surface area contributed by atoms with Crippen molar-refractivity contribution in [2.75, 3.05) is 13.2 Å². The SMILES string of the molecule is C=CCNC(=O)COC(=O)C=Cc1ccc(OC(=O)c2ccc(N=C(N)N)cc2)cc1. The highest BCUT2D eigenvalue weighted by molar-refractivity contribution is 5.92. The van der Waals surface area contributed by atoms with E-state index in [0.29, 0.717) is 29.1 Å². The monoisotopic (exact) mass is 422 g/mol. The number of esters is 2. The van der Waals surface area contributed by atoms with Crippen LogP contribution in [0.3, 0.4) is 0 Å². The van der Waals surface area contributed by atoms with Gasteiger partial charge >= 0.3 is 11.9 Å². The van der Waals surface area contributed by atoms with E-state index >= 15 is 0 Å². The summed E-state index contributed by atoms with van der Waals surface area (Å²) in [6.45, 7) is 3.39. The molecule has 0 radical (unpaired) electrons. The number of amides is 1. The predicted molar refractivity (Wildman–Crippen MR) is 117 cm³/mol. The van der Waals surface area contributed by atoms with Crippen LogP contribution < -0.4 is 21.5 Å². The fraction of sp³-hybridized carbons (Fsp3) is 0.0909. The van der Waals surface area contributed by atoms with Crippen molar-refractivity contribution >= 4 is 35.6 Å². The van der Waals surface area contributed by atoms with Gasteiger partial charge in [0.1, 0.15) is 5.75 Å². The number of rotatable bonds is 9. The van der Waals surface area contributed by atoms with Crippen LogP contribution in [0.4, 0.5) is 5.69 Å². The van der Waals surface area contributed by atoms with E-state index in [-0.39, 0.29) is 12.6 Å². The molecule has 31 heavy (non-hydrogen) atoms. The van der Waals surface area contributed by atoms with E-state index in [0.717, 1.165) is 0 Å². The Hall–Kier alpha value is -4.40. The number of hydrogen-bond donors (Lipinski definition) is 3. The molecule has 1 amide bonds. The number of ether oxygens (including phenoxy) is 2. The largest absolute Gasteiger partial charge is 0.452 e. The van der Waals surface area contributed by atoms with E-state index in [1.165, 1.54) is 18.2 Å². The van der Waals surface area contributed by atoms with Crippen molar-refractivity contribution < 1.29 is 23.9 Å². The van der Waals surface area contributed by atoms with Gasteiger partial charge in [-0.1, -0.05) is 18.2 Å². The Morgan fingerprint density at radius 2 is 1.71 bits per heavy atom. The molecule has 2 aromatic rings. The van der Waals surface area contributed by atoms with Crippen LogP contribution in [-0.2, 0) is 14.3 Å². The third-order valence-electron chi connectivity index (χ3n) is 3.65. The lowest BCUT2D eigenvalue weighted by molar-refractivity contribution is -0.143. The standard InChI is InChI=1S/C22H22N4O5/c1-2-13-25-19(27)14-30-20(28)12-5-15-3-10-18(11-4-15)31-21(29)16-6-8-17(9-7-16)26-22(23)24/h2-12H,1,13-14H2,(H,25,27)(H4,23,24,26). The third kappa shape index (κ3) is 8.24. The number of guanidine groups is 1. The number of nitrogens with two attached hydrogens (primary N) is 2. The lowest BCUT2D eigenvalue weighted by atomic mass is 10.2. The van der Waals surface area contributed by atoms with E-state index in [9.17, 15) is 14.4 Å². The Bertz CT molecular complexity index is 992. The van der Waals surface area contributed by atoms with E-state index < -0.39 is 17.8 Å². The van der Waals surface area contributed by atoms with Crippen molar-refractivity contribution in [1.82, 2.24) is 5.32 Å². The molecule has 0 bridgehead atoms. The minimum absolute atomic E-state index is 0.0771. The van der Waals surface area contributed by atoms with Gasteiger partial charge in [-0.05, 0) is 48.0 Å². The maximum Gasteiger partial charge on any atom is 0.343 e. The molecule has 2 rings (SSSR count). The third-order valence-corrected chi connectivity index (χ3v) is 3.65. The van der Waals surface area contributed by atoms with Gasteiger partial charge in [-0.3, -0.25) is 4.79 Å². The lowest BCUT2D eigenvalue weighted by Crippen LogP contribution is -2.28. The zero-order valence-corrected chi connectivity index (χ0v) is 16.6. The molecule has 0 aliphatic heterocycles. The molecular weight excluding hydrogens is 400 g/mol. The molecule has 0 spiro atoms. The van der Waals surface area contributed by atoms with E-state index in [2.05, 4.69) is 16.9 Å². The molecule has 0 saturated heterocycles. The van der Waals surface area contributed by atoms with Crippen LogP contribution >= 0.6 is 0 Å². The first-order valence-corrected chi connectivity index (χ1v) is 9.12. The van der Waals surface area contributed by atoms with E-state index in [4.69, 9.17) is 20.9 Å². The molecule has 0 atom stereocenters. The Morgan fingerprint density at radius 1 is 1.03 bits per heavy atom. The number of benzene rings is 2. The zero-order valence-electron chi connectivity index (χ0n) is 16.6. The van der Waals surface area contributed by atoms with Crippen LogP contribution in [-0.4, -0.2) is 37.0 Å². The summed E-state index contributed by atoms with van der Waals surface area (Å²) in [5, 5.41) is 2.49. The van der Waals surface area contributed by atoms with Crippen LogP contribution in [0.2, 0.25) is 0 Å². The second kappa shape index (κ2) is 11.6. The molecule has 160 valence electrons. The predicted octanol–water partition coefficient (Wildman–Crippen LogP) is 1.67. The highest BCUT2D eigenvalue weighted by Gasteiger charge is 2.09. The van der Waals surface area contributed by atoms with Crippen LogP contribution in [0, 0.1) is 0 Å². The summed E-state index contributed by atoms with van der Waals surface area (Å²) in [5.41, 5.74) is 12.1. The van der Waals surface area contributed by atoms with Gasteiger partial charge in [0.2, 0.25) is 0 Å². The summed E-state index contributed by atoms with van der Waals surface area (Å²) in [6.07, 6.45) is 4.23. The van der Waals surface area contributed by atoms with Gasteiger partial charge in [0.15, 0.2) is 12.6 Å². The van der Waals surface area contributed by atoms with Crippen molar-refractivity contribution in [3.8, 4) is 5.75 Å². The number of carbonyl (C=O) groups is 3. The van der Waals surface area contributed by atoms with Crippen LogP contribution in [0.15, 0.2) is 72.3 Å². The Kier molecular flexibility index (Phi) is 8.54. The van der Waals surface area contributed by atoms with Crippen LogP contribution in [0.5, 0.6) is 5.75 Å². The van der Waals surface area contributed by atoms with Gasteiger partial charge in [-0.15, -0.1) is 6.58 Å². The minimum Gasteiger partial charge on any atom is -0.452 e. The molecule has 2 aromatic carbocycles. The molecule has 0 heterocycles. The smallest absolute Gasteiger partial charge is 0.343 e. The Balaban J connectivity index is 1.87. The fourth-order valence-electron chi connectivity index (χ4n) is 2.22. The Labute approximate surface area is 179 Å². The molecule has 0 aliphatic rings. The topological polar surface area (TPSA) is 146 Å². The summed E-state index contributed by atoms with van der Waals surface area (Å²) < 4.78 is 10.1. The average Bonchev–Trinajstić information content (AvgIpc) is 2.75. The number of aliphatic imine (C=N–C) groups is 1. The van der Waals surface area contributed by atoms with Crippen LogP contribution in [0.1, 0.15) is 15.9 Å². The van der Waals surface area contributed by atoms with E-state index in [1.54, 1.807) is 48.5 Å². The van der Waals surface area contributed by atoms with E-state index in [1.807, 2.05) is 0 Å².